The molecule has 0 aromatic heterocycles. The molecule has 1 rings (SSSR count). The molecule has 0 aromatic carbocycles. The van der Waals surface area contributed by atoms with Gasteiger partial charge in [0.05, 0.1) is 0 Å². The maximum atomic E-state index is 11.9. The van der Waals surface area contributed by atoms with Gasteiger partial charge in [0.15, 0.2) is 5.96 Å². The lowest BCUT2D eigenvalue weighted by molar-refractivity contribution is -0.173. The molecular weight excluding hydrogens is 398 g/mol. The summed E-state index contributed by atoms with van der Waals surface area (Å²) in [7, 11) is 1.72. The van der Waals surface area contributed by atoms with Crippen LogP contribution < -0.4 is 5.32 Å². The Morgan fingerprint density at radius 3 is 2.52 bits per heavy atom. The first kappa shape index (κ1) is 20.8. The van der Waals surface area contributed by atoms with Crippen molar-refractivity contribution < 1.29 is 17.9 Å². The molecule has 0 aliphatic carbocycles. The molecule has 1 heterocycles. The molecular formula is C13H25F3IN3O. The molecule has 0 amide bonds. The summed E-state index contributed by atoms with van der Waals surface area (Å²) >= 11 is 0. The number of hydrogen-bond acceptors (Lipinski definition) is 2. The van der Waals surface area contributed by atoms with Crippen LogP contribution in [0.4, 0.5) is 13.2 Å². The summed E-state index contributed by atoms with van der Waals surface area (Å²) in [6.45, 7) is 5.80. The topological polar surface area (TPSA) is 36.9 Å². The van der Waals surface area contributed by atoms with E-state index in [2.05, 4.69) is 33.8 Å². The van der Waals surface area contributed by atoms with Gasteiger partial charge in [0, 0.05) is 33.3 Å². The average molecular weight is 423 g/mol. The van der Waals surface area contributed by atoms with Gasteiger partial charge in [0.1, 0.15) is 6.61 Å². The highest BCUT2D eigenvalue weighted by atomic mass is 127. The van der Waals surface area contributed by atoms with Crippen molar-refractivity contribution in [2.45, 2.75) is 32.9 Å². The largest absolute Gasteiger partial charge is 0.411 e. The van der Waals surface area contributed by atoms with Crippen molar-refractivity contribution in [1.29, 1.82) is 0 Å². The number of nitrogens with zero attached hydrogens (tertiary/aromatic N) is 2. The molecule has 0 bridgehead atoms. The van der Waals surface area contributed by atoms with Crippen molar-refractivity contribution in [3.63, 3.8) is 0 Å². The third-order valence-corrected chi connectivity index (χ3v) is 3.20. The number of guanidine groups is 1. The molecule has 0 atom stereocenters. The summed E-state index contributed by atoms with van der Waals surface area (Å²) in [4.78, 5) is 6.38. The Hall–Kier alpha value is -0.250. The van der Waals surface area contributed by atoms with Crippen molar-refractivity contribution in [1.82, 2.24) is 10.2 Å². The maximum absolute atomic E-state index is 11.9. The van der Waals surface area contributed by atoms with Crippen LogP contribution in [0.15, 0.2) is 4.99 Å². The quantitative estimate of drug-likeness (QED) is 0.320. The molecule has 1 N–H and O–H groups in total. The normalized spacial score (nSPS) is 18.6. The molecule has 1 aliphatic rings. The van der Waals surface area contributed by atoms with E-state index < -0.39 is 12.8 Å². The second-order valence-electron chi connectivity index (χ2n) is 5.83. The van der Waals surface area contributed by atoms with E-state index >= 15 is 0 Å². The van der Waals surface area contributed by atoms with Gasteiger partial charge in [-0.05, 0) is 18.3 Å². The number of ether oxygens (including phenoxy) is 1. The predicted octanol–water partition coefficient (Wildman–Crippen LogP) is 2.88. The van der Waals surface area contributed by atoms with Crippen LogP contribution in [0.5, 0.6) is 0 Å². The van der Waals surface area contributed by atoms with Crippen molar-refractivity contribution >= 4 is 29.9 Å². The molecule has 1 saturated heterocycles. The molecule has 0 aromatic rings. The van der Waals surface area contributed by atoms with Crippen LogP contribution in [0.1, 0.15) is 26.7 Å². The maximum Gasteiger partial charge on any atom is 0.411 e. The van der Waals surface area contributed by atoms with Gasteiger partial charge in [-0.25, -0.2) is 0 Å². The molecule has 0 saturated carbocycles. The highest BCUT2D eigenvalue weighted by Gasteiger charge is 2.30. The third kappa shape index (κ3) is 8.70. The van der Waals surface area contributed by atoms with Crippen LogP contribution in [0.3, 0.4) is 0 Å². The van der Waals surface area contributed by atoms with E-state index in [1.807, 2.05) is 0 Å². The molecule has 0 spiro atoms. The SMILES string of the molecule is CN=C(NCCCOCC(F)(F)F)N1CCC(C)(C)C1.I. The standard InChI is InChI=1S/C13H24F3N3O.HI/c1-12(2)5-7-19(9-12)11(17-3)18-6-4-8-20-10-13(14,15)16;/h4-10H2,1-3H3,(H,17,18);1H. The molecule has 21 heavy (non-hydrogen) atoms. The number of halogens is 4. The number of nitrogens with one attached hydrogen (secondary N) is 1. The number of rotatable bonds is 5. The van der Waals surface area contributed by atoms with E-state index in [0.717, 1.165) is 25.5 Å². The minimum Gasteiger partial charge on any atom is -0.372 e. The molecule has 0 radical (unpaired) electrons. The molecule has 1 fully saturated rings. The Kier molecular flexibility index (Phi) is 8.91. The molecule has 8 heteroatoms. The lowest BCUT2D eigenvalue weighted by Gasteiger charge is -2.23. The van der Waals surface area contributed by atoms with Gasteiger partial charge in [-0.15, -0.1) is 24.0 Å². The van der Waals surface area contributed by atoms with Crippen LogP contribution in [0.25, 0.3) is 0 Å². The van der Waals surface area contributed by atoms with Crippen LogP contribution in [-0.2, 0) is 4.74 Å². The fraction of sp³-hybridized carbons (Fsp3) is 0.923. The summed E-state index contributed by atoms with van der Waals surface area (Å²) in [5.41, 5.74) is 0.285. The summed E-state index contributed by atoms with van der Waals surface area (Å²) in [6, 6.07) is 0. The molecule has 1 aliphatic heterocycles. The second-order valence-corrected chi connectivity index (χ2v) is 5.83. The first-order chi connectivity index (χ1) is 9.23. The van der Waals surface area contributed by atoms with Crippen molar-refractivity contribution in [3.05, 3.63) is 0 Å². The van der Waals surface area contributed by atoms with Gasteiger partial charge < -0.3 is 15.0 Å². The fourth-order valence-corrected chi connectivity index (χ4v) is 2.19. The van der Waals surface area contributed by atoms with Crippen molar-refractivity contribution in [2.24, 2.45) is 10.4 Å². The van der Waals surface area contributed by atoms with Gasteiger partial charge >= 0.3 is 6.18 Å². The minimum atomic E-state index is -4.25. The zero-order chi connectivity index (χ0) is 15.2. The van der Waals surface area contributed by atoms with Crippen LogP contribution in [-0.4, -0.2) is 56.9 Å². The zero-order valence-corrected chi connectivity index (χ0v) is 15.1. The Labute approximate surface area is 141 Å². The summed E-state index contributed by atoms with van der Waals surface area (Å²) in [5, 5.41) is 3.16. The molecule has 0 unspecified atom stereocenters. The second kappa shape index (κ2) is 9.02. The smallest absolute Gasteiger partial charge is 0.372 e. The first-order valence-corrected chi connectivity index (χ1v) is 6.84. The lowest BCUT2D eigenvalue weighted by atomic mass is 9.93. The fourth-order valence-electron chi connectivity index (χ4n) is 2.19. The Morgan fingerprint density at radius 2 is 2.05 bits per heavy atom. The number of alkyl halides is 3. The lowest BCUT2D eigenvalue weighted by Crippen LogP contribution is -2.41. The highest BCUT2D eigenvalue weighted by Crippen LogP contribution is 2.28. The van der Waals surface area contributed by atoms with E-state index in [1.165, 1.54) is 0 Å². The summed E-state index contributed by atoms with van der Waals surface area (Å²) < 4.78 is 40.1. The van der Waals surface area contributed by atoms with Gasteiger partial charge in [0.2, 0.25) is 0 Å². The number of aliphatic imine (C=N–C) groups is 1. The van der Waals surface area contributed by atoms with Crippen LogP contribution in [0.2, 0.25) is 0 Å². The number of likely N-dealkylation sites (tertiary alicyclic amines) is 1. The van der Waals surface area contributed by atoms with E-state index in [-0.39, 0.29) is 36.0 Å². The summed E-state index contributed by atoms with van der Waals surface area (Å²) in [5.74, 6) is 0.811. The number of hydrogen-bond donors (Lipinski definition) is 1. The predicted molar refractivity (Wildman–Crippen MR) is 88.2 cm³/mol. The first-order valence-electron chi connectivity index (χ1n) is 6.84. The van der Waals surface area contributed by atoms with E-state index in [0.29, 0.717) is 13.0 Å². The van der Waals surface area contributed by atoms with E-state index in [1.54, 1.807) is 7.05 Å². The minimum absolute atomic E-state index is 0. The monoisotopic (exact) mass is 423 g/mol. The van der Waals surface area contributed by atoms with E-state index in [9.17, 15) is 13.2 Å². The molecule has 4 nitrogen and oxygen atoms in total. The van der Waals surface area contributed by atoms with Gasteiger partial charge in [-0.2, -0.15) is 13.2 Å². The Bertz CT molecular complexity index is 335. The Balaban J connectivity index is 0.00000400. The van der Waals surface area contributed by atoms with Crippen LogP contribution >= 0.6 is 24.0 Å². The Morgan fingerprint density at radius 1 is 1.38 bits per heavy atom. The van der Waals surface area contributed by atoms with Crippen molar-refractivity contribution in [3.8, 4) is 0 Å². The zero-order valence-electron chi connectivity index (χ0n) is 12.8. The van der Waals surface area contributed by atoms with E-state index in [4.69, 9.17) is 0 Å². The van der Waals surface area contributed by atoms with Gasteiger partial charge in [-0.1, -0.05) is 13.8 Å². The van der Waals surface area contributed by atoms with Gasteiger partial charge in [0.25, 0.3) is 0 Å². The third-order valence-electron chi connectivity index (χ3n) is 3.20. The highest BCUT2D eigenvalue weighted by molar-refractivity contribution is 14.0. The molecule has 126 valence electrons. The van der Waals surface area contributed by atoms with Gasteiger partial charge in [-0.3, -0.25) is 4.99 Å². The van der Waals surface area contributed by atoms with Crippen molar-refractivity contribution in [2.75, 3.05) is 39.9 Å². The summed E-state index contributed by atoms with van der Waals surface area (Å²) in [6.07, 6.45) is -2.61. The van der Waals surface area contributed by atoms with Crippen LogP contribution in [0, 0.1) is 5.41 Å². The average Bonchev–Trinajstić information content (AvgIpc) is 2.67.